The van der Waals surface area contributed by atoms with Gasteiger partial charge in [0.2, 0.25) is 0 Å². The maximum atomic E-state index is 12.7. The van der Waals surface area contributed by atoms with E-state index in [2.05, 4.69) is 25.5 Å². The molecule has 2 N–H and O–H groups in total. The van der Waals surface area contributed by atoms with Crippen molar-refractivity contribution in [3.05, 3.63) is 65.0 Å². The van der Waals surface area contributed by atoms with E-state index in [1.54, 1.807) is 18.3 Å². The van der Waals surface area contributed by atoms with E-state index in [9.17, 15) is 13.2 Å². The molecule has 1 saturated heterocycles. The van der Waals surface area contributed by atoms with Crippen LogP contribution in [0.25, 0.3) is 0 Å². The lowest BCUT2D eigenvalue weighted by Gasteiger charge is -2.19. The van der Waals surface area contributed by atoms with E-state index in [1.165, 1.54) is 0 Å². The quantitative estimate of drug-likeness (QED) is 0.553. The van der Waals surface area contributed by atoms with Gasteiger partial charge in [-0.15, -0.1) is 0 Å². The van der Waals surface area contributed by atoms with Gasteiger partial charge >= 0.3 is 6.18 Å². The van der Waals surface area contributed by atoms with Gasteiger partial charge in [0.1, 0.15) is 0 Å². The average Bonchev–Trinajstić information content (AvgIpc) is 3.14. The van der Waals surface area contributed by atoms with E-state index in [-0.39, 0.29) is 6.04 Å². The second-order valence-electron chi connectivity index (χ2n) is 7.52. The molecule has 1 aromatic heterocycles. The lowest BCUT2D eigenvalue weighted by molar-refractivity contribution is -0.137. The standard InChI is InChI=1S/C22H28F3N5/c1-3-26-21(28-13-20-16(2)5-4-11-27-20)29-19-10-12-30(15-19)14-17-6-8-18(9-7-17)22(23,24)25/h4-9,11,19H,3,10,12-15H2,1-2H3,(H2,26,28,29). The van der Waals surface area contributed by atoms with Crippen molar-refractivity contribution in [3.8, 4) is 0 Å². The maximum Gasteiger partial charge on any atom is 0.416 e. The van der Waals surface area contributed by atoms with Crippen molar-refractivity contribution in [1.82, 2.24) is 20.5 Å². The molecule has 3 rings (SSSR count). The van der Waals surface area contributed by atoms with Crippen LogP contribution < -0.4 is 10.6 Å². The van der Waals surface area contributed by atoms with E-state index in [0.29, 0.717) is 13.1 Å². The second-order valence-corrected chi connectivity index (χ2v) is 7.52. The van der Waals surface area contributed by atoms with Gasteiger partial charge in [0.15, 0.2) is 5.96 Å². The van der Waals surface area contributed by atoms with Gasteiger partial charge in [0.25, 0.3) is 0 Å². The number of nitrogens with zero attached hydrogens (tertiary/aromatic N) is 3. The molecule has 1 aromatic carbocycles. The third-order valence-corrected chi connectivity index (χ3v) is 5.15. The summed E-state index contributed by atoms with van der Waals surface area (Å²) in [5.41, 5.74) is 2.34. The Hall–Kier alpha value is -2.61. The summed E-state index contributed by atoms with van der Waals surface area (Å²) in [6, 6.07) is 9.59. The zero-order valence-corrected chi connectivity index (χ0v) is 17.3. The number of halogens is 3. The highest BCUT2D eigenvalue weighted by Gasteiger charge is 2.30. The summed E-state index contributed by atoms with van der Waals surface area (Å²) in [4.78, 5) is 11.3. The minimum Gasteiger partial charge on any atom is -0.357 e. The van der Waals surface area contributed by atoms with Gasteiger partial charge in [-0.1, -0.05) is 18.2 Å². The lowest BCUT2D eigenvalue weighted by atomic mass is 10.1. The minimum atomic E-state index is -4.29. The maximum absolute atomic E-state index is 12.7. The molecule has 1 unspecified atom stereocenters. The Labute approximate surface area is 175 Å². The lowest BCUT2D eigenvalue weighted by Crippen LogP contribution is -2.44. The van der Waals surface area contributed by atoms with Crippen LogP contribution in [-0.2, 0) is 19.3 Å². The van der Waals surface area contributed by atoms with Crippen LogP contribution in [0.3, 0.4) is 0 Å². The van der Waals surface area contributed by atoms with Crippen LogP contribution in [-0.4, -0.2) is 41.5 Å². The summed E-state index contributed by atoms with van der Waals surface area (Å²) >= 11 is 0. The first kappa shape index (κ1) is 22.1. The topological polar surface area (TPSA) is 52.6 Å². The van der Waals surface area contributed by atoms with Crippen LogP contribution >= 0.6 is 0 Å². The third kappa shape index (κ3) is 6.19. The molecule has 1 aliphatic heterocycles. The molecule has 0 spiro atoms. The molecule has 0 radical (unpaired) electrons. The van der Waals surface area contributed by atoms with Gasteiger partial charge in [-0.3, -0.25) is 9.88 Å². The summed E-state index contributed by atoms with van der Waals surface area (Å²) in [7, 11) is 0. The van der Waals surface area contributed by atoms with Crippen molar-refractivity contribution in [2.24, 2.45) is 4.99 Å². The summed E-state index contributed by atoms with van der Waals surface area (Å²) in [5.74, 6) is 0.754. The number of guanidine groups is 1. The molecule has 30 heavy (non-hydrogen) atoms. The molecule has 162 valence electrons. The van der Waals surface area contributed by atoms with Crippen molar-refractivity contribution in [2.75, 3.05) is 19.6 Å². The molecule has 0 bridgehead atoms. The number of alkyl halides is 3. The highest BCUT2D eigenvalue weighted by Crippen LogP contribution is 2.29. The zero-order valence-electron chi connectivity index (χ0n) is 17.3. The minimum absolute atomic E-state index is 0.238. The number of hydrogen-bond donors (Lipinski definition) is 2. The molecule has 2 aromatic rings. The number of benzene rings is 1. The van der Waals surface area contributed by atoms with Gasteiger partial charge in [-0.2, -0.15) is 13.2 Å². The van der Waals surface area contributed by atoms with Crippen LogP contribution in [0.1, 0.15) is 35.7 Å². The third-order valence-electron chi connectivity index (χ3n) is 5.15. The number of pyridine rings is 1. The van der Waals surface area contributed by atoms with Crippen LogP contribution in [0, 0.1) is 6.92 Å². The van der Waals surface area contributed by atoms with E-state index < -0.39 is 11.7 Å². The molecule has 0 amide bonds. The molecule has 8 heteroatoms. The Bertz CT molecular complexity index is 849. The van der Waals surface area contributed by atoms with E-state index in [4.69, 9.17) is 0 Å². The fraction of sp³-hybridized carbons (Fsp3) is 0.455. The van der Waals surface area contributed by atoms with Crippen molar-refractivity contribution >= 4 is 5.96 Å². The highest BCUT2D eigenvalue weighted by molar-refractivity contribution is 5.80. The Morgan fingerprint density at radius 3 is 2.67 bits per heavy atom. The Morgan fingerprint density at radius 2 is 2.00 bits per heavy atom. The van der Waals surface area contributed by atoms with Crippen LogP contribution in [0.2, 0.25) is 0 Å². The smallest absolute Gasteiger partial charge is 0.357 e. The monoisotopic (exact) mass is 419 g/mol. The van der Waals surface area contributed by atoms with Crippen molar-refractivity contribution < 1.29 is 13.2 Å². The Morgan fingerprint density at radius 1 is 1.23 bits per heavy atom. The Balaban J connectivity index is 1.54. The molecule has 1 aliphatic rings. The van der Waals surface area contributed by atoms with E-state index in [1.807, 2.05) is 26.0 Å². The predicted octanol–water partition coefficient (Wildman–Crippen LogP) is 3.74. The van der Waals surface area contributed by atoms with Crippen molar-refractivity contribution in [3.63, 3.8) is 0 Å². The highest BCUT2D eigenvalue weighted by atomic mass is 19.4. The van der Waals surface area contributed by atoms with E-state index in [0.717, 1.165) is 61.0 Å². The number of aryl methyl sites for hydroxylation is 1. The molecular formula is C22H28F3N5. The van der Waals surface area contributed by atoms with Gasteiger partial charge in [0, 0.05) is 38.4 Å². The summed E-state index contributed by atoms with van der Waals surface area (Å²) in [5, 5.41) is 6.74. The number of rotatable bonds is 6. The fourth-order valence-electron chi connectivity index (χ4n) is 3.50. The second kappa shape index (κ2) is 9.93. The normalized spacial score (nSPS) is 17.9. The average molecular weight is 419 g/mol. The molecular weight excluding hydrogens is 391 g/mol. The van der Waals surface area contributed by atoms with Crippen molar-refractivity contribution in [2.45, 2.75) is 45.6 Å². The van der Waals surface area contributed by atoms with Gasteiger partial charge < -0.3 is 10.6 Å². The van der Waals surface area contributed by atoms with Crippen LogP contribution in [0.4, 0.5) is 13.2 Å². The molecule has 1 atom stereocenters. The van der Waals surface area contributed by atoms with Crippen LogP contribution in [0.15, 0.2) is 47.6 Å². The van der Waals surface area contributed by atoms with E-state index >= 15 is 0 Å². The molecule has 5 nitrogen and oxygen atoms in total. The predicted molar refractivity (Wildman–Crippen MR) is 112 cm³/mol. The first-order chi connectivity index (χ1) is 14.3. The number of likely N-dealkylation sites (tertiary alicyclic amines) is 1. The summed E-state index contributed by atoms with van der Waals surface area (Å²) in [6.45, 7) is 7.64. The van der Waals surface area contributed by atoms with Gasteiger partial charge in [0.05, 0.1) is 17.8 Å². The first-order valence-corrected chi connectivity index (χ1v) is 10.2. The molecule has 1 fully saturated rings. The van der Waals surface area contributed by atoms with Crippen molar-refractivity contribution in [1.29, 1.82) is 0 Å². The fourth-order valence-corrected chi connectivity index (χ4v) is 3.50. The number of hydrogen-bond acceptors (Lipinski definition) is 3. The number of nitrogens with one attached hydrogen (secondary N) is 2. The molecule has 2 heterocycles. The zero-order chi connectivity index (χ0) is 21.6. The number of aromatic nitrogens is 1. The van der Waals surface area contributed by atoms with Gasteiger partial charge in [-0.25, -0.2) is 4.99 Å². The molecule has 0 aliphatic carbocycles. The largest absolute Gasteiger partial charge is 0.416 e. The summed E-state index contributed by atoms with van der Waals surface area (Å²) < 4.78 is 38.1. The Kier molecular flexibility index (Phi) is 7.31. The number of aliphatic imine (C=N–C) groups is 1. The first-order valence-electron chi connectivity index (χ1n) is 10.2. The SMILES string of the molecule is CCNC(=NCc1ncccc1C)NC1CCN(Cc2ccc(C(F)(F)F)cc2)C1. The van der Waals surface area contributed by atoms with Gasteiger partial charge in [-0.05, 0) is 49.6 Å². The molecule has 0 saturated carbocycles. The summed E-state index contributed by atoms with van der Waals surface area (Å²) in [6.07, 6.45) is -1.57. The van der Waals surface area contributed by atoms with Crippen LogP contribution in [0.5, 0.6) is 0 Å².